The molecule has 2 heterocycles. The molecule has 2 N–H and O–H groups in total. The maximum atomic E-state index is 14.7. The first-order chi connectivity index (χ1) is 16.8. The molecule has 7 nitrogen and oxygen atoms in total. The Morgan fingerprint density at radius 2 is 1.89 bits per heavy atom. The second-order valence-electron chi connectivity index (χ2n) is 9.56. The Bertz CT molecular complexity index is 1220. The molecular weight excluding hydrogens is 445 g/mol. The number of carbonyl (C=O) groups excluding carboxylic acids is 2. The molecule has 1 aliphatic heterocycles. The van der Waals surface area contributed by atoms with Gasteiger partial charge in [-0.1, -0.05) is 38.5 Å². The number of aromatic nitrogens is 3. The molecule has 0 spiro atoms. The van der Waals surface area contributed by atoms with E-state index in [9.17, 15) is 14.0 Å². The van der Waals surface area contributed by atoms with Gasteiger partial charge in [0.1, 0.15) is 17.7 Å². The van der Waals surface area contributed by atoms with Gasteiger partial charge in [0.2, 0.25) is 5.91 Å². The Morgan fingerprint density at radius 3 is 2.66 bits per heavy atom. The Labute approximate surface area is 205 Å². The van der Waals surface area contributed by atoms with E-state index in [1.54, 1.807) is 24.3 Å². The summed E-state index contributed by atoms with van der Waals surface area (Å²) in [4.78, 5) is 26.1. The third-order valence-corrected chi connectivity index (χ3v) is 6.31. The largest absolute Gasteiger partial charge is 0.340 e. The molecule has 3 aromatic rings. The van der Waals surface area contributed by atoms with Gasteiger partial charge in [0.25, 0.3) is 5.91 Å². The molecule has 1 aliphatic rings. The number of nitrogens with one attached hydrogen (secondary N) is 2. The molecule has 0 fully saturated rings. The zero-order valence-electron chi connectivity index (χ0n) is 20.5. The van der Waals surface area contributed by atoms with Crippen LogP contribution in [-0.4, -0.2) is 32.6 Å². The number of carbonyl (C=O) groups is 2. The van der Waals surface area contributed by atoms with Crippen molar-refractivity contribution in [3.8, 4) is 11.4 Å². The number of nitrogens with zero attached hydrogens (tertiary/aromatic N) is 3. The van der Waals surface area contributed by atoms with Crippen molar-refractivity contribution in [1.82, 2.24) is 20.1 Å². The number of anilines is 1. The number of halogens is 1. The lowest BCUT2D eigenvalue weighted by molar-refractivity contribution is -0.118. The van der Waals surface area contributed by atoms with Gasteiger partial charge >= 0.3 is 0 Å². The van der Waals surface area contributed by atoms with Crippen molar-refractivity contribution in [3.05, 3.63) is 65.2 Å². The van der Waals surface area contributed by atoms with E-state index in [-0.39, 0.29) is 17.5 Å². The molecule has 1 aromatic heterocycles. The number of benzene rings is 2. The van der Waals surface area contributed by atoms with E-state index >= 15 is 0 Å². The summed E-state index contributed by atoms with van der Waals surface area (Å²) in [5, 5.41) is 14.2. The van der Waals surface area contributed by atoms with Crippen LogP contribution in [0.2, 0.25) is 0 Å². The smallest absolute Gasteiger partial charge is 0.252 e. The van der Waals surface area contributed by atoms with Gasteiger partial charge in [0.15, 0.2) is 5.82 Å². The fourth-order valence-corrected chi connectivity index (χ4v) is 4.45. The second kappa shape index (κ2) is 10.8. The van der Waals surface area contributed by atoms with Crippen LogP contribution in [0.4, 0.5) is 10.1 Å². The maximum Gasteiger partial charge on any atom is 0.252 e. The van der Waals surface area contributed by atoms with Crippen molar-refractivity contribution in [1.29, 1.82) is 0 Å². The molecule has 2 aromatic carbocycles. The summed E-state index contributed by atoms with van der Waals surface area (Å²) in [5.74, 6) is 0.408. The average molecular weight is 478 g/mol. The van der Waals surface area contributed by atoms with Crippen LogP contribution in [-0.2, 0) is 17.8 Å². The van der Waals surface area contributed by atoms with E-state index in [4.69, 9.17) is 0 Å². The highest BCUT2D eigenvalue weighted by Gasteiger charge is 2.25. The lowest BCUT2D eigenvalue weighted by Gasteiger charge is -2.21. The Kier molecular flexibility index (Phi) is 7.58. The van der Waals surface area contributed by atoms with Gasteiger partial charge in [-0.05, 0) is 61.9 Å². The molecule has 1 unspecified atom stereocenters. The van der Waals surface area contributed by atoms with Crippen molar-refractivity contribution in [2.24, 2.45) is 5.92 Å². The molecule has 2 amide bonds. The number of fused-ring (bicyclic) bond motifs is 1. The van der Waals surface area contributed by atoms with E-state index in [1.165, 1.54) is 6.07 Å². The predicted molar refractivity (Wildman–Crippen MR) is 133 cm³/mol. The molecule has 8 heteroatoms. The molecule has 0 saturated carbocycles. The molecule has 184 valence electrons. The first-order valence-corrected chi connectivity index (χ1v) is 12.2. The summed E-state index contributed by atoms with van der Waals surface area (Å²) in [5.41, 5.74) is 2.07. The lowest BCUT2D eigenvalue weighted by atomic mass is 10.0. The van der Waals surface area contributed by atoms with Crippen LogP contribution < -0.4 is 10.6 Å². The normalized spacial score (nSPS) is 14.2. The summed E-state index contributed by atoms with van der Waals surface area (Å²) in [7, 11) is 0. The van der Waals surface area contributed by atoms with E-state index in [2.05, 4.69) is 25.4 Å². The highest BCUT2D eigenvalue weighted by Crippen LogP contribution is 2.27. The minimum absolute atomic E-state index is 0.0531. The predicted octanol–water partition coefficient (Wildman–Crippen LogP) is 4.90. The van der Waals surface area contributed by atoms with E-state index < -0.39 is 17.8 Å². The van der Waals surface area contributed by atoms with Crippen molar-refractivity contribution in [2.75, 3.05) is 5.32 Å². The van der Waals surface area contributed by atoms with E-state index in [1.807, 2.05) is 32.9 Å². The summed E-state index contributed by atoms with van der Waals surface area (Å²) in [6, 6.07) is 11.0. The van der Waals surface area contributed by atoms with Crippen LogP contribution in [0.1, 0.15) is 61.3 Å². The first-order valence-electron chi connectivity index (χ1n) is 12.2. The number of hydrogen-bond donors (Lipinski definition) is 2. The van der Waals surface area contributed by atoms with Gasteiger partial charge < -0.3 is 15.2 Å². The van der Waals surface area contributed by atoms with Crippen LogP contribution in [0.25, 0.3) is 11.4 Å². The average Bonchev–Trinajstić information content (AvgIpc) is 3.07. The summed E-state index contributed by atoms with van der Waals surface area (Å²) >= 11 is 0. The van der Waals surface area contributed by atoms with Crippen molar-refractivity contribution in [3.63, 3.8) is 0 Å². The SMILES string of the molecule is Cc1ccccc1C(=O)NC(CC(C)C)C(=O)Nc1cc(-c2nnc3n2CCCCC3)ccc1F. The number of amides is 2. The Balaban J connectivity index is 1.56. The topological polar surface area (TPSA) is 88.9 Å². The number of rotatable bonds is 7. The van der Waals surface area contributed by atoms with Crippen LogP contribution in [0.3, 0.4) is 0 Å². The second-order valence-corrected chi connectivity index (χ2v) is 9.56. The highest BCUT2D eigenvalue weighted by molar-refractivity contribution is 6.02. The zero-order chi connectivity index (χ0) is 24.9. The first kappa shape index (κ1) is 24.6. The lowest BCUT2D eigenvalue weighted by Crippen LogP contribution is -2.44. The van der Waals surface area contributed by atoms with Gasteiger partial charge in [-0.25, -0.2) is 4.39 Å². The molecule has 35 heavy (non-hydrogen) atoms. The molecule has 0 aliphatic carbocycles. The van der Waals surface area contributed by atoms with Gasteiger partial charge in [0.05, 0.1) is 5.69 Å². The summed E-state index contributed by atoms with van der Waals surface area (Å²) in [6.45, 7) is 6.60. The monoisotopic (exact) mass is 477 g/mol. The minimum Gasteiger partial charge on any atom is -0.340 e. The van der Waals surface area contributed by atoms with Gasteiger partial charge in [0, 0.05) is 24.1 Å². The fourth-order valence-electron chi connectivity index (χ4n) is 4.45. The Morgan fingerprint density at radius 1 is 1.09 bits per heavy atom. The standard InChI is InChI=1S/C27H32FN5O2/c1-17(2)15-23(30-26(34)20-10-7-6-9-18(20)3)27(35)29-22-16-19(12-13-21(22)28)25-32-31-24-11-5-4-8-14-33(24)25/h6-7,9-10,12-13,16-17,23H,4-5,8,11,14-15H2,1-3H3,(H,29,35)(H,30,34). The van der Waals surface area contributed by atoms with Crippen LogP contribution >= 0.6 is 0 Å². The summed E-state index contributed by atoms with van der Waals surface area (Å²) < 4.78 is 16.8. The van der Waals surface area contributed by atoms with Crippen LogP contribution in [0, 0.1) is 18.7 Å². The highest BCUT2D eigenvalue weighted by atomic mass is 19.1. The van der Waals surface area contributed by atoms with Crippen LogP contribution in [0.15, 0.2) is 42.5 Å². The third-order valence-electron chi connectivity index (χ3n) is 6.31. The summed E-state index contributed by atoms with van der Waals surface area (Å²) in [6.07, 6.45) is 4.55. The van der Waals surface area contributed by atoms with E-state index in [0.717, 1.165) is 43.6 Å². The molecule has 1 atom stereocenters. The third kappa shape index (κ3) is 5.75. The number of aryl methyl sites for hydroxylation is 2. The fraction of sp³-hybridized carbons (Fsp3) is 0.407. The van der Waals surface area contributed by atoms with Gasteiger partial charge in [-0.3, -0.25) is 9.59 Å². The maximum absolute atomic E-state index is 14.7. The molecule has 0 saturated heterocycles. The van der Waals surface area contributed by atoms with Crippen molar-refractivity contribution in [2.45, 2.75) is 65.5 Å². The van der Waals surface area contributed by atoms with Gasteiger partial charge in [-0.2, -0.15) is 0 Å². The van der Waals surface area contributed by atoms with Crippen molar-refractivity contribution < 1.29 is 14.0 Å². The van der Waals surface area contributed by atoms with Crippen molar-refractivity contribution >= 4 is 17.5 Å². The number of hydrogen-bond acceptors (Lipinski definition) is 4. The zero-order valence-corrected chi connectivity index (χ0v) is 20.5. The Hall–Kier alpha value is -3.55. The van der Waals surface area contributed by atoms with Crippen LogP contribution in [0.5, 0.6) is 0 Å². The van der Waals surface area contributed by atoms with Gasteiger partial charge in [-0.15, -0.1) is 10.2 Å². The molecular formula is C27H32FN5O2. The molecule has 0 bridgehead atoms. The molecule has 0 radical (unpaired) electrons. The van der Waals surface area contributed by atoms with E-state index in [0.29, 0.717) is 23.4 Å². The molecule has 4 rings (SSSR count). The quantitative estimate of drug-likeness (QED) is 0.506. The minimum atomic E-state index is -0.811.